The maximum Gasteiger partial charge on any atom is 0.264 e. The van der Waals surface area contributed by atoms with Gasteiger partial charge in [0.2, 0.25) is 11.8 Å². The van der Waals surface area contributed by atoms with E-state index in [0.29, 0.717) is 40.0 Å². The lowest BCUT2D eigenvalue weighted by atomic mass is 10.1. The van der Waals surface area contributed by atoms with Gasteiger partial charge in [-0.3, -0.25) is 13.9 Å². The molecule has 3 aromatic rings. The molecule has 8 nitrogen and oxygen atoms in total. The number of hydrogen-bond donors (Lipinski definition) is 1. The maximum absolute atomic E-state index is 14.2. The number of halogens is 2. The van der Waals surface area contributed by atoms with E-state index in [0.717, 1.165) is 22.7 Å². The molecule has 0 heterocycles. The highest BCUT2D eigenvalue weighted by atomic mass is 35.5. The number of anilines is 1. The van der Waals surface area contributed by atoms with E-state index in [1.54, 1.807) is 61.5 Å². The number of amides is 2. The number of benzene rings is 3. The van der Waals surface area contributed by atoms with Crippen molar-refractivity contribution >= 4 is 50.7 Å². The Balaban J connectivity index is 2.07. The van der Waals surface area contributed by atoms with E-state index in [1.165, 1.54) is 24.1 Å². The van der Waals surface area contributed by atoms with Crippen LogP contribution >= 0.6 is 23.2 Å². The number of nitrogens with one attached hydrogen (secondary N) is 1. The fourth-order valence-electron chi connectivity index (χ4n) is 4.39. The Labute approximate surface area is 258 Å². The van der Waals surface area contributed by atoms with Crippen molar-refractivity contribution in [1.82, 2.24) is 10.2 Å². The number of unbranched alkanes of at least 4 members (excludes halogenated alkanes) is 1. The highest BCUT2D eigenvalue weighted by molar-refractivity contribution is 7.92. The minimum absolute atomic E-state index is 0.0123. The lowest BCUT2D eigenvalue weighted by Gasteiger charge is -2.33. The van der Waals surface area contributed by atoms with Gasteiger partial charge in [0.15, 0.2) is 0 Å². The molecule has 3 rings (SSSR count). The van der Waals surface area contributed by atoms with E-state index in [1.807, 2.05) is 13.8 Å². The van der Waals surface area contributed by atoms with Crippen LogP contribution in [0.4, 0.5) is 5.69 Å². The first kappa shape index (κ1) is 33.2. The van der Waals surface area contributed by atoms with Crippen LogP contribution in [0.3, 0.4) is 0 Å². The number of ether oxygens (including phenoxy) is 1. The normalized spacial score (nSPS) is 12.0. The van der Waals surface area contributed by atoms with Gasteiger partial charge in [-0.15, -0.1) is 0 Å². The number of rotatable bonds is 14. The van der Waals surface area contributed by atoms with E-state index in [4.69, 9.17) is 27.9 Å². The summed E-state index contributed by atoms with van der Waals surface area (Å²) in [4.78, 5) is 28.8. The average molecular weight is 635 g/mol. The third-order valence-electron chi connectivity index (χ3n) is 6.85. The molecular weight excluding hydrogens is 597 g/mol. The molecule has 0 aliphatic rings. The highest BCUT2D eigenvalue weighted by Gasteiger charge is 2.34. The zero-order chi connectivity index (χ0) is 30.9. The van der Waals surface area contributed by atoms with Crippen LogP contribution < -0.4 is 14.4 Å². The number of hydrogen-bond acceptors (Lipinski definition) is 5. The summed E-state index contributed by atoms with van der Waals surface area (Å²) >= 11 is 12.9. The van der Waals surface area contributed by atoms with Gasteiger partial charge >= 0.3 is 0 Å². The van der Waals surface area contributed by atoms with Gasteiger partial charge in [0, 0.05) is 28.7 Å². The Morgan fingerprint density at radius 3 is 2.12 bits per heavy atom. The molecule has 11 heteroatoms. The predicted octanol–water partition coefficient (Wildman–Crippen LogP) is 6.23. The zero-order valence-corrected chi connectivity index (χ0v) is 26.6. The van der Waals surface area contributed by atoms with Crippen molar-refractivity contribution in [2.24, 2.45) is 0 Å². The molecule has 0 saturated heterocycles. The first-order valence-corrected chi connectivity index (χ1v) is 16.0. The molecule has 226 valence electrons. The van der Waals surface area contributed by atoms with Crippen LogP contribution in [0.5, 0.6) is 5.75 Å². The van der Waals surface area contributed by atoms with Gasteiger partial charge < -0.3 is 15.0 Å². The SMILES string of the molecule is CCCCNC(=O)C(CC)N(Cc1c(Cl)cccc1Cl)C(=O)CN(c1ccc(C)cc1)S(=O)(=O)c1ccc(OC)cc1. The summed E-state index contributed by atoms with van der Waals surface area (Å²) < 4.78 is 34.2. The summed E-state index contributed by atoms with van der Waals surface area (Å²) in [6.45, 7) is 5.52. The lowest BCUT2D eigenvalue weighted by Crippen LogP contribution is -2.52. The van der Waals surface area contributed by atoms with Gasteiger partial charge in [0.25, 0.3) is 10.0 Å². The third-order valence-corrected chi connectivity index (χ3v) is 9.35. The second kappa shape index (κ2) is 15.3. The molecule has 1 N–H and O–H groups in total. The van der Waals surface area contributed by atoms with E-state index in [-0.39, 0.29) is 17.3 Å². The molecule has 2 amide bonds. The summed E-state index contributed by atoms with van der Waals surface area (Å²) in [7, 11) is -2.71. The molecule has 0 aromatic heterocycles. The first-order chi connectivity index (χ1) is 20.0. The molecular formula is C31H37Cl2N3O5S. The minimum Gasteiger partial charge on any atom is -0.497 e. The van der Waals surface area contributed by atoms with E-state index in [2.05, 4.69) is 5.32 Å². The summed E-state index contributed by atoms with van der Waals surface area (Å²) in [5.74, 6) is -0.418. The van der Waals surface area contributed by atoms with Crippen LogP contribution in [-0.4, -0.2) is 51.4 Å². The summed E-state index contributed by atoms with van der Waals surface area (Å²) in [5.41, 5.74) is 1.70. The van der Waals surface area contributed by atoms with Crippen molar-refractivity contribution in [3.05, 3.63) is 87.9 Å². The molecule has 42 heavy (non-hydrogen) atoms. The summed E-state index contributed by atoms with van der Waals surface area (Å²) in [5, 5.41) is 3.57. The van der Waals surface area contributed by atoms with Crippen LogP contribution in [-0.2, 0) is 26.2 Å². The Kier molecular flexibility index (Phi) is 12.1. The molecule has 3 aromatic carbocycles. The minimum atomic E-state index is -4.20. The lowest BCUT2D eigenvalue weighted by molar-refractivity contribution is -0.140. The average Bonchev–Trinajstić information content (AvgIpc) is 2.97. The van der Waals surface area contributed by atoms with Crippen molar-refractivity contribution in [2.45, 2.75) is 57.5 Å². The highest BCUT2D eigenvalue weighted by Crippen LogP contribution is 2.29. The van der Waals surface area contributed by atoms with Gasteiger partial charge in [-0.25, -0.2) is 8.42 Å². The fourth-order valence-corrected chi connectivity index (χ4v) is 6.33. The van der Waals surface area contributed by atoms with Gasteiger partial charge in [0.1, 0.15) is 18.3 Å². The quantitative estimate of drug-likeness (QED) is 0.212. The molecule has 0 bridgehead atoms. The van der Waals surface area contributed by atoms with E-state index >= 15 is 0 Å². The maximum atomic E-state index is 14.2. The van der Waals surface area contributed by atoms with Crippen LogP contribution in [0.25, 0.3) is 0 Å². The number of carbonyl (C=O) groups excluding carboxylic acids is 2. The Bertz CT molecular complexity index is 1440. The van der Waals surface area contributed by atoms with Crippen LogP contribution in [0.1, 0.15) is 44.2 Å². The number of sulfonamides is 1. The monoisotopic (exact) mass is 633 g/mol. The Morgan fingerprint density at radius 2 is 1.57 bits per heavy atom. The molecule has 0 fully saturated rings. The van der Waals surface area contributed by atoms with Gasteiger partial charge in [-0.05, 0) is 68.3 Å². The smallest absolute Gasteiger partial charge is 0.264 e. The second-order valence-corrected chi connectivity index (χ2v) is 12.5. The first-order valence-electron chi connectivity index (χ1n) is 13.8. The second-order valence-electron chi connectivity index (χ2n) is 9.81. The van der Waals surface area contributed by atoms with Crippen LogP contribution in [0, 0.1) is 6.92 Å². The van der Waals surface area contributed by atoms with Gasteiger partial charge in [0.05, 0.1) is 17.7 Å². The van der Waals surface area contributed by atoms with Crippen LogP contribution in [0.2, 0.25) is 10.0 Å². The van der Waals surface area contributed by atoms with E-state index in [9.17, 15) is 18.0 Å². The largest absolute Gasteiger partial charge is 0.497 e. The number of carbonyl (C=O) groups is 2. The number of methoxy groups -OCH3 is 1. The van der Waals surface area contributed by atoms with Crippen molar-refractivity contribution in [2.75, 3.05) is 24.5 Å². The molecule has 0 radical (unpaired) electrons. The predicted molar refractivity (Wildman–Crippen MR) is 168 cm³/mol. The molecule has 0 aliphatic heterocycles. The topological polar surface area (TPSA) is 96.0 Å². The van der Waals surface area contributed by atoms with Crippen molar-refractivity contribution in [3.63, 3.8) is 0 Å². The summed E-state index contributed by atoms with van der Waals surface area (Å²) in [6.07, 6.45) is 1.97. The number of aryl methyl sites for hydroxylation is 1. The van der Waals surface area contributed by atoms with Crippen molar-refractivity contribution in [1.29, 1.82) is 0 Å². The van der Waals surface area contributed by atoms with Gasteiger partial charge in [-0.2, -0.15) is 0 Å². The molecule has 1 atom stereocenters. The van der Waals surface area contributed by atoms with Crippen molar-refractivity contribution in [3.8, 4) is 5.75 Å². The summed E-state index contributed by atoms with van der Waals surface area (Å²) in [6, 6.07) is 16.9. The standard InChI is InChI=1S/C31H37Cl2N3O5S/c1-5-7-19-34-31(38)29(6-2)35(20-26-27(32)9-8-10-28(26)33)30(37)21-36(23-13-11-22(3)12-14-23)42(39,40)25-17-15-24(41-4)16-18-25/h8-18,29H,5-7,19-21H2,1-4H3,(H,34,38). The van der Waals surface area contributed by atoms with Crippen molar-refractivity contribution < 1.29 is 22.7 Å². The van der Waals surface area contributed by atoms with Gasteiger partial charge in [-0.1, -0.05) is 67.2 Å². The molecule has 1 unspecified atom stereocenters. The molecule has 0 spiro atoms. The fraction of sp³-hybridized carbons (Fsp3) is 0.355. The molecule has 0 saturated carbocycles. The number of nitrogens with zero attached hydrogens (tertiary/aromatic N) is 2. The Hall–Kier alpha value is -3.27. The molecule has 0 aliphatic carbocycles. The van der Waals surface area contributed by atoms with E-state index < -0.39 is 28.5 Å². The zero-order valence-electron chi connectivity index (χ0n) is 24.3. The van der Waals surface area contributed by atoms with Crippen LogP contribution in [0.15, 0.2) is 71.6 Å². The Morgan fingerprint density at radius 1 is 0.952 bits per heavy atom. The third kappa shape index (κ3) is 8.18.